The molecule has 0 radical (unpaired) electrons. The van der Waals surface area contributed by atoms with E-state index in [4.69, 9.17) is 0 Å². The molecule has 0 rings (SSSR count). The zero-order valence-electron chi connectivity index (χ0n) is 17.0. The highest BCUT2D eigenvalue weighted by molar-refractivity contribution is 5.72. The Bertz CT molecular complexity index is 297. The maximum Gasteiger partial charge on any atom is 0.362 e. The van der Waals surface area contributed by atoms with E-state index < -0.39 is 5.97 Å². The maximum absolute atomic E-state index is 11.3. The Kier molecular flexibility index (Phi) is 14.4. The molecule has 0 bridgehead atoms. The summed E-state index contributed by atoms with van der Waals surface area (Å²) < 4.78 is 0.522. The first kappa shape index (κ1) is 23.4. The number of hydrogen-bond acceptors (Lipinski definition) is 1. The van der Waals surface area contributed by atoms with E-state index in [1.807, 2.05) is 21.1 Å². The molecular weight excluding hydrogens is 298 g/mol. The van der Waals surface area contributed by atoms with Crippen molar-refractivity contribution in [3.63, 3.8) is 0 Å². The highest BCUT2D eigenvalue weighted by Gasteiger charge is 2.30. The Balaban J connectivity index is 3.35. The third kappa shape index (κ3) is 13.8. The van der Waals surface area contributed by atoms with Crippen molar-refractivity contribution >= 4 is 5.97 Å². The average Bonchev–Trinajstić information content (AvgIpc) is 2.49. The van der Waals surface area contributed by atoms with Crippen molar-refractivity contribution < 1.29 is 14.4 Å². The first-order valence-corrected chi connectivity index (χ1v) is 10.4. The lowest BCUT2D eigenvalue weighted by Crippen LogP contribution is -2.49. The fourth-order valence-corrected chi connectivity index (χ4v) is 3.37. The minimum absolute atomic E-state index is 0.262. The predicted octanol–water partition coefficient (Wildman–Crippen LogP) is 6.02. The van der Waals surface area contributed by atoms with E-state index in [1.165, 1.54) is 83.5 Å². The smallest absolute Gasteiger partial charge is 0.362 e. The molecule has 0 aliphatic heterocycles. The quantitative estimate of drug-likeness (QED) is 0.259. The molecule has 0 aliphatic rings. The lowest BCUT2D eigenvalue weighted by molar-refractivity contribution is -0.887. The van der Waals surface area contributed by atoms with Gasteiger partial charge < -0.3 is 9.59 Å². The normalized spacial score (nSPS) is 13.2. The summed E-state index contributed by atoms with van der Waals surface area (Å²) >= 11 is 0. The Morgan fingerprint density at radius 2 is 1.04 bits per heavy atom. The molecule has 1 atom stereocenters. The molecule has 0 heterocycles. The van der Waals surface area contributed by atoms with E-state index in [-0.39, 0.29) is 6.04 Å². The molecule has 0 saturated heterocycles. The second-order valence-electron chi connectivity index (χ2n) is 8.36. The summed E-state index contributed by atoms with van der Waals surface area (Å²) in [4.78, 5) is 11.3. The van der Waals surface area contributed by atoms with Gasteiger partial charge in [0.05, 0.1) is 21.1 Å². The topological polar surface area (TPSA) is 37.3 Å². The van der Waals surface area contributed by atoms with Crippen molar-refractivity contribution in [2.45, 2.75) is 109 Å². The molecule has 3 nitrogen and oxygen atoms in total. The van der Waals surface area contributed by atoms with Crippen molar-refractivity contribution in [1.82, 2.24) is 0 Å². The number of carbonyl (C=O) groups is 1. The van der Waals surface area contributed by atoms with Crippen LogP contribution in [-0.4, -0.2) is 42.7 Å². The molecular formula is C21H44NO2+. The van der Waals surface area contributed by atoms with Gasteiger partial charge in [0, 0.05) is 6.42 Å². The molecule has 3 heteroatoms. The van der Waals surface area contributed by atoms with Crippen LogP contribution in [-0.2, 0) is 4.79 Å². The zero-order valence-corrected chi connectivity index (χ0v) is 17.0. The molecule has 0 saturated carbocycles. The van der Waals surface area contributed by atoms with Crippen LogP contribution in [0.1, 0.15) is 103 Å². The van der Waals surface area contributed by atoms with Gasteiger partial charge in [-0.2, -0.15) is 0 Å². The number of unbranched alkanes of at least 4 members (excludes halogenated alkanes) is 13. The van der Waals surface area contributed by atoms with Crippen LogP contribution in [0.5, 0.6) is 0 Å². The fraction of sp³-hybridized carbons (Fsp3) is 0.952. The number of carboxylic acids is 1. The first-order chi connectivity index (χ1) is 11.4. The zero-order chi connectivity index (χ0) is 18.3. The molecule has 1 unspecified atom stereocenters. The second kappa shape index (κ2) is 14.7. The molecule has 144 valence electrons. The van der Waals surface area contributed by atoms with Crippen LogP contribution in [0.3, 0.4) is 0 Å². The molecule has 1 N–H and O–H groups in total. The highest BCUT2D eigenvalue weighted by atomic mass is 16.4. The Morgan fingerprint density at radius 3 is 1.33 bits per heavy atom. The van der Waals surface area contributed by atoms with Gasteiger partial charge in [-0.1, -0.05) is 90.4 Å². The maximum atomic E-state index is 11.3. The number of likely N-dealkylation sites (N-methyl/N-ethyl adjacent to an activating group) is 1. The van der Waals surface area contributed by atoms with E-state index in [0.29, 0.717) is 4.48 Å². The van der Waals surface area contributed by atoms with Gasteiger partial charge in [-0.25, -0.2) is 4.79 Å². The van der Waals surface area contributed by atoms with Crippen LogP contribution in [0.4, 0.5) is 0 Å². The average molecular weight is 343 g/mol. The van der Waals surface area contributed by atoms with Crippen molar-refractivity contribution in [3.05, 3.63) is 0 Å². The summed E-state index contributed by atoms with van der Waals surface area (Å²) in [6, 6.07) is -0.262. The summed E-state index contributed by atoms with van der Waals surface area (Å²) in [6.07, 6.45) is 19.6. The SMILES string of the molecule is CCCCCCCCCCCCCCCCC(C(=O)O)[N+](C)(C)C. The van der Waals surface area contributed by atoms with Gasteiger partial charge in [0.25, 0.3) is 0 Å². The van der Waals surface area contributed by atoms with Crippen molar-refractivity contribution in [2.24, 2.45) is 0 Å². The minimum Gasteiger partial charge on any atom is -0.477 e. The Morgan fingerprint density at radius 1 is 0.708 bits per heavy atom. The van der Waals surface area contributed by atoms with Gasteiger partial charge in [-0.3, -0.25) is 0 Å². The van der Waals surface area contributed by atoms with Gasteiger partial charge >= 0.3 is 5.97 Å². The Hall–Kier alpha value is -0.570. The van der Waals surface area contributed by atoms with E-state index in [0.717, 1.165) is 12.8 Å². The predicted molar refractivity (Wildman–Crippen MR) is 104 cm³/mol. The summed E-state index contributed by atoms with van der Waals surface area (Å²) in [5.41, 5.74) is 0. The van der Waals surface area contributed by atoms with Crippen molar-refractivity contribution in [2.75, 3.05) is 21.1 Å². The monoisotopic (exact) mass is 342 g/mol. The molecule has 0 fully saturated rings. The number of quaternary nitrogens is 1. The lowest BCUT2D eigenvalue weighted by atomic mass is 10.0. The third-order valence-corrected chi connectivity index (χ3v) is 5.05. The summed E-state index contributed by atoms with van der Waals surface area (Å²) in [5.74, 6) is -0.655. The standard InChI is InChI=1S/C21H43NO2/c1-5-6-7-8-9-10-11-12-13-14-15-16-17-18-19-20(21(23)24)22(2,3)4/h20H,5-19H2,1-4H3/p+1. The van der Waals surface area contributed by atoms with Crippen LogP contribution in [0.15, 0.2) is 0 Å². The van der Waals surface area contributed by atoms with Gasteiger partial charge in [0.1, 0.15) is 0 Å². The highest BCUT2D eigenvalue weighted by Crippen LogP contribution is 2.16. The van der Waals surface area contributed by atoms with Crippen molar-refractivity contribution in [3.8, 4) is 0 Å². The number of carboxylic acid groups (broad SMARTS) is 1. The fourth-order valence-electron chi connectivity index (χ4n) is 3.37. The number of aliphatic carboxylic acids is 1. The summed E-state index contributed by atoms with van der Waals surface area (Å²) in [7, 11) is 5.92. The van der Waals surface area contributed by atoms with Gasteiger partial charge in [0.2, 0.25) is 0 Å². The summed E-state index contributed by atoms with van der Waals surface area (Å²) in [5, 5.41) is 9.30. The largest absolute Gasteiger partial charge is 0.477 e. The summed E-state index contributed by atoms with van der Waals surface area (Å²) in [6.45, 7) is 2.27. The van der Waals surface area contributed by atoms with Gasteiger partial charge in [0.15, 0.2) is 6.04 Å². The van der Waals surface area contributed by atoms with Crippen molar-refractivity contribution in [1.29, 1.82) is 0 Å². The van der Waals surface area contributed by atoms with E-state index >= 15 is 0 Å². The Labute approximate surface area is 151 Å². The van der Waals surface area contributed by atoms with Crippen LogP contribution in [0.2, 0.25) is 0 Å². The first-order valence-electron chi connectivity index (χ1n) is 10.4. The van der Waals surface area contributed by atoms with Gasteiger partial charge in [-0.15, -0.1) is 0 Å². The number of hydrogen-bond donors (Lipinski definition) is 1. The van der Waals surface area contributed by atoms with E-state index in [2.05, 4.69) is 6.92 Å². The molecule has 0 spiro atoms. The van der Waals surface area contributed by atoms with Crippen LogP contribution >= 0.6 is 0 Å². The third-order valence-electron chi connectivity index (χ3n) is 5.05. The molecule has 0 aliphatic carbocycles. The number of rotatable bonds is 17. The molecule has 0 aromatic carbocycles. The van der Waals surface area contributed by atoms with Crippen LogP contribution in [0, 0.1) is 0 Å². The van der Waals surface area contributed by atoms with Crippen LogP contribution < -0.4 is 0 Å². The van der Waals surface area contributed by atoms with Gasteiger partial charge in [-0.05, 0) is 6.42 Å². The molecule has 0 amide bonds. The van der Waals surface area contributed by atoms with E-state index in [1.54, 1.807) is 0 Å². The molecule has 24 heavy (non-hydrogen) atoms. The minimum atomic E-state index is -0.655. The molecule has 0 aromatic heterocycles. The van der Waals surface area contributed by atoms with Crippen LogP contribution in [0.25, 0.3) is 0 Å². The number of nitrogens with zero attached hydrogens (tertiary/aromatic N) is 1. The second-order valence-corrected chi connectivity index (χ2v) is 8.36. The lowest BCUT2D eigenvalue weighted by Gasteiger charge is -2.31. The molecule has 0 aromatic rings. The van der Waals surface area contributed by atoms with E-state index in [9.17, 15) is 9.90 Å².